The van der Waals surface area contributed by atoms with Crippen molar-refractivity contribution in [3.63, 3.8) is 0 Å². The topological polar surface area (TPSA) is 55.1 Å². The predicted octanol–water partition coefficient (Wildman–Crippen LogP) is 2.14. The van der Waals surface area contributed by atoms with Crippen LogP contribution in [0, 0.1) is 0 Å². The SMILES string of the molecule is NC1(C(=O)NCCc2ccc(Cl)cc2Cl)CC1. The average molecular weight is 273 g/mol. The highest BCUT2D eigenvalue weighted by Crippen LogP contribution is 2.32. The van der Waals surface area contributed by atoms with E-state index in [2.05, 4.69) is 5.32 Å². The summed E-state index contributed by atoms with van der Waals surface area (Å²) in [4.78, 5) is 11.6. The van der Waals surface area contributed by atoms with Gasteiger partial charge in [0, 0.05) is 16.6 Å². The van der Waals surface area contributed by atoms with Gasteiger partial charge in [0.1, 0.15) is 0 Å². The van der Waals surface area contributed by atoms with E-state index in [1.165, 1.54) is 0 Å². The molecule has 1 aromatic rings. The molecule has 3 N–H and O–H groups in total. The maximum absolute atomic E-state index is 11.6. The summed E-state index contributed by atoms with van der Waals surface area (Å²) in [6.07, 6.45) is 2.24. The number of rotatable bonds is 4. The van der Waals surface area contributed by atoms with Gasteiger partial charge >= 0.3 is 0 Å². The molecule has 0 aliphatic heterocycles. The molecule has 0 atom stereocenters. The lowest BCUT2D eigenvalue weighted by Crippen LogP contribution is -2.43. The molecule has 2 rings (SSSR count). The minimum absolute atomic E-state index is 0.0671. The van der Waals surface area contributed by atoms with Crippen LogP contribution in [0.4, 0.5) is 0 Å². The summed E-state index contributed by atoms with van der Waals surface area (Å²) in [5.41, 5.74) is 6.13. The van der Waals surface area contributed by atoms with E-state index < -0.39 is 5.54 Å². The summed E-state index contributed by atoms with van der Waals surface area (Å²) < 4.78 is 0. The Kier molecular flexibility index (Phi) is 3.61. The van der Waals surface area contributed by atoms with E-state index in [1.807, 2.05) is 6.07 Å². The number of hydrogen-bond acceptors (Lipinski definition) is 2. The summed E-state index contributed by atoms with van der Waals surface area (Å²) in [5, 5.41) is 4.06. The Morgan fingerprint density at radius 2 is 2.12 bits per heavy atom. The number of carbonyl (C=O) groups is 1. The molecule has 1 amide bonds. The zero-order chi connectivity index (χ0) is 12.5. The fourth-order valence-electron chi connectivity index (χ4n) is 1.57. The zero-order valence-corrected chi connectivity index (χ0v) is 10.8. The first-order chi connectivity index (χ1) is 8.01. The van der Waals surface area contributed by atoms with Gasteiger partial charge in [-0.15, -0.1) is 0 Å². The van der Waals surface area contributed by atoms with E-state index in [0.29, 0.717) is 23.0 Å². The Bertz CT molecular complexity index is 444. The van der Waals surface area contributed by atoms with Crippen molar-refractivity contribution < 1.29 is 4.79 Å². The van der Waals surface area contributed by atoms with Gasteiger partial charge in [0.15, 0.2) is 0 Å². The molecular formula is C12H14Cl2N2O. The van der Waals surface area contributed by atoms with Gasteiger partial charge in [-0.1, -0.05) is 29.3 Å². The Morgan fingerprint density at radius 3 is 2.71 bits per heavy atom. The van der Waals surface area contributed by atoms with Gasteiger partial charge in [-0.2, -0.15) is 0 Å². The number of hydrogen-bond donors (Lipinski definition) is 2. The number of nitrogens with two attached hydrogens (primary N) is 1. The molecule has 0 radical (unpaired) electrons. The van der Waals surface area contributed by atoms with E-state index in [0.717, 1.165) is 18.4 Å². The molecule has 3 nitrogen and oxygen atoms in total. The number of halogens is 2. The Balaban J connectivity index is 1.84. The van der Waals surface area contributed by atoms with Gasteiger partial charge in [-0.3, -0.25) is 4.79 Å². The van der Waals surface area contributed by atoms with Gasteiger partial charge in [-0.25, -0.2) is 0 Å². The maximum Gasteiger partial charge on any atom is 0.240 e. The average Bonchev–Trinajstić information content (AvgIpc) is 3.01. The Labute approximate surface area is 110 Å². The van der Waals surface area contributed by atoms with E-state index in [-0.39, 0.29) is 5.91 Å². The van der Waals surface area contributed by atoms with Crippen molar-refractivity contribution in [3.8, 4) is 0 Å². The normalized spacial score (nSPS) is 16.6. The van der Waals surface area contributed by atoms with Crippen LogP contribution >= 0.6 is 23.2 Å². The molecular weight excluding hydrogens is 259 g/mol. The fraction of sp³-hybridized carbons (Fsp3) is 0.417. The molecule has 1 aromatic carbocycles. The Hall–Kier alpha value is -0.770. The van der Waals surface area contributed by atoms with Gasteiger partial charge in [-0.05, 0) is 37.0 Å². The van der Waals surface area contributed by atoms with Crippen LogP contribution in [-0.2, 0) is 11.2 Å². The molecule has 0 saturated heterocycles. The lowest BCUT2D eigenvalue weighted by molar-refractivity contribution is -0.123. The second-order valence-electron chi connectivity index (χ2n) is 4.40. The molecule has 1 saturated carbocycles. The monoisotopic (exact) mass is 272 g/mol. The van der Waals surface area contributed by atoms with Crippen molar-refractivity contribution in [2.75, 3.05) is 6.54 Å². The highest BCUT2D eigenvalue weighted by Gasteiger charge is 2.45. The van der Waals surface area contributed by atoms with E-state index >= 15 is 0 Å². The second kappa shape index (κ2) is 4.84. The van der Waals surface area contributed by atoms with Gasteiger partial charge in [0.2, 0.25) is 5.91 Å². The maximum atomic E-state index is 11.6. The third-order valence-corrected chi connectivity index (χ3v) is 3.52. The van der Waals surface area contributed by atoms with Crippen molar-refractivity contribution in [3.05, 3.63) is 33.8 Å². The molecule has 0 unspecified atom stereocenters. The summed E-state index contributed by atoms with van der Waals surface area (Å²) in [6.45, 7) is 0.541. The highest BCUT2D eigenvalue weighted by atomic mass is 35.5. The van der Waals surface area contributed by atoms with Crippen LogP contribution in [0.15, 0.2) is 18.2 Å². The van der Waals surface area contributed by atoms with Crippen LogP contribution in [0.5, 0.6) is 0 Å². The predicted molar refractivity (Wildman–Crippen MR) is 69.3 cm³/mol. The smallest absolute Gasteiger partial charge is 0.240 e. The Morgan fingerprint density at radius 1 is 1.41 bits per heavy atom. The molecule has 1 aliphatic rings. The van der Waals surface area contributed by atoms with Gasteiger partial charge in [0.05, 0.1) is 5.54 Å². The lowest BCUT2D eigenvalue weighted by Gasteiger charge is -2.10. The molecule has 5 heteroatoms. The molecule has 0 spiro atoms. The first-order valence-corrected chi connectivity index (χ1v) is 6.28. The summed E-state index contributed by atoms with van der Waals surface area (Å²) in [6, 6.07) is 5.35. The quantitative estimate of drug-likeness (QED) is 0.883. The van der Waals surface area contributed by atoms with E-state index in [9.17, 15) is 4.79 Å². The number of nitrogens with one attached hydrogen (secondary N) is 1. The van der Waals surface area contributed by atoms with Crippen LogP contribution < -0.4 is 11.1 Å². The largest absolute Gasteiger partial charge is 0.354 e. The van der Waals surface area contributed by atoms with Crippen LogP contribution in [0.2, 0.25) is 10.0 Å². The molecule has 1 aliphatic carbocycles. The van der Waals surface area contributed by atoms with Crippen molar-refractivity contribution in [1.29, 1.82) is 0 Å². The fourth-order valence-corrected chi connectivity index (χ4v) is 2.08. The third kappa shape index (κ3) is 3.12. The van der Waals surface area contributed by atoms with Crippen LogP contribution in [-0.4, -0.2) is 18.0 Å². The van der Waals surface area contributed by atoms with Crippen LogP contribution in [0.25, 0.3) is 0 Å². The molecule has 0 bridgehead atoms. The summed E-state index contributed by atoms with van der Waals surface area (Å²) in [5.74, 6) is -0.0671. The first kappa shape index (κ1) is 12.7. The summed E-state index contributed by atoms with van der Waals surface area (Å²) >= 11 is 11.8. The van der Waals surface area contributed by atoms with Crippen LogP contribution in [0.3, 0.4) is 0 Å². The summed E-state index contributed by atoms with van der Waals surface area (Å²) in [7, 11) is 0. The van der Waals surface area contributed by atoms with Gasteiger partial charge < -0.3 is 11.1 Å². The van der Waals surface area contributed by atoms with Gasteiger partial charge in [0.25, 0.3) is 0 Å². The highest BCUT2D eigenvalue weighted by molar-refractivity contribution is 6.35. The number of amides is 1. The van der Waals surface area contributed by atoms with Crippen molar-refractivity contribution in [2.45, 2.75) is 24.8 Å². The van der Waals surface area contributed by atoms with E-state index in [1.54, 1.807) is 12.1 Å². The standard InChI is InChI=1S/C12H14Cl2N2O/c13-9-2-1-8(10(14)7-9)3-6-16-11(17)12(15)4-5-12/h1-2,7H,3-6,15H2,(H,16,17). The number of carbonyl (C=O) groups excluding carboxylic acids is 1. The van der Waals surface area contributed by atoms with E-state index in [4.69, 9.17) is 28.9 Å². The lowest BCUT2D eigenvalue weighted by atomic mass is 10.1. The van der Waals surface area contributed by atoms with Crippen molar-refractivity contribution >= 4 is 29.1 Å². The first-order valence-electron chi connectivity index (χ1n) is 5.52. The van der Waals surface area contributed by atoms with Crippen molar-refractivity contribution in [1.82, 2.24) is 5.32 Å². The molecule has 0 aromatic heterocycles. The van der Waals surface area contributed by atoms with Crippen molar-refractivity contribution in [2.24, 2.45) is 5.73 Å². The third-order valence-electron chi connectivity index (χ3n) is 2.94. The zero-order valence-electron chi connectivity index (χ0n) is 9.30. The molecule has 1 fully saturated rings. The molecule has 0 heterocycles. The number of benzene rings is 1. The van der Waals surface area contributed by atoms with Crippen LogP contribution in [0.1, 0.15) is 18.4 Å². The minimum atomic E-state index is -0.607. The molecule has 17 heavy (non-hydrogen) atoms. The molecule has 92 valence electrons. The second-order valence-corrected chi connectivity index (χ2v) is 5.24. The minimum Gasteiger partial charge on any atom is -0.354 e.